The Labute approximate surface area is 406 Å². The number of anilines is 3. The van der Waals surface area contributed by atoms with Crippen LogP contribution in [-0.2, 0) is 16.2 Å². The number of aryl methyl sites for hydroxylation is 2. The Bertz CT molecular complexity index is 3150. The van der Waals surface area contributed by atoms with Crippen molar-refractivity contribution in [2.75, 3.05) is 4.90 Å². The van der Waals surface area contributed by atoms with Crippen LogP contribution in [0.25, 0.3) is 22.4 Å². The minimum absolute atomic E-state index is 0.0372. The van der Waals surface area contributed by atoms with Gasteiger partial charge in [0.05, 0.1) is 16.8 Å². The van der Waals surface area contributed by atoms with Gasteiger partial charge in [-0.2, -0.15) is 0 Å². The highest BCUT2D eigenvalue weighted by atomic mass is 32.2. The SMILES string of the molecule is Cc1cccc(C)c1-c1cc(Oc2cccc(C3(c4ccccn4)c4ccccc4Sc4ccccc43)c2)cc(-c2cc(N(c3ccc(C(C)(C)C)cc3)c3ccc(C(C)(C)C)cc3)ccn2)c1. The van der Waals surface area contributed by atoms with E-state index >= 15 is 0 Å². The maximum absolute atomic E-state index is 7.10. The van der Waals surface area contributed by atoms with Crippen molar-refractivity contribution in [1.29, 1.82) is 0 Å². The Kier molecular flexibility index (Phi) is 11.7. The number of fused-ring (bicyclic) bond motifs is 2. The molecule has 0 spiro atoms. The molecule has 0 amide bonds. The molecule has 0 fully saturated rings. The van der Waals surface area contributed by atoms with Gasteiger partial charge in [-0.25, -0.2) is 0 Å². The molecule has 0 bridgehead atoms. The zero-order valence-electron chi connectivity index (χ0n) is 40.2. The van der Waals surface area contributed by atoms with Crippen molar-refractivity contribution in [1.82, 2.24) is 9.97 Å². The zero-order chi connectivity index (χ0) is 47.2. The lowest BCUT2D eigenvalue weighted by atomic mass is 9.66. The molecule has 0 unspecified atom stereocenters. The van der Waals surface area contributed by atoms with Gasteiger partial charge in [0, 0.05) is 44.8 Å². The summed E-state index contributed by atoms with van der Waals surface area (Å²) < 4.78 is 7.10. The van der Waals surface area contributed by atoms with E-state index in [0.29, 0.717) is 0 Å². The van der Waals surface area contributed by atoms with Gasteiger partial charge < -0.3 is 9.64 Å². The van der Waals surface area contributed by atoms with Gasteiger partial charge in [0.2, 0.25) is 0 Å². The minimum Gasteiger partial charge on any atom is -0.457 e. The monoisotopic (exact) mass is 903 g/mol. The number of rotatable bonds is 9. The summed E-state index contributed by atoms with van der Waals surface area (Å²) in [5.41, 5.74) is 16.1. The molecule has 1 aliphatic rings. The van der Waals surface area contributed by atoms with E-state index in [1.807, 2.05) is 30.2 Å². The molecule has 1 aliphatic heterocycles. The fourth-order valence-corrected chi connectivity index (χ4v) is 11.0. The van der Waals surface area contributed by atoms with Crippen LogP contribution in [-0.4, -0.2) is 9.97 Å². The second kappa shape index (κ2) is 17.8. The average molecular weight is 904 g/mol. The first-order valence-electron chi connectivity index (χ1n) is 23.5. The number of aromatic nitrogens is 2. The fourth-order valence-electron chi connectivity index (χ4n) is 9.85. The van der Waals surface area contributed by atoms with E-state index in [0.717, 1.165) is 56.6 Å². The molecule has 0 atom stereocenters. The van der Waals surface area contributed by atoms with Crippen molar-refractivity contribution in [3.63, 3.8) is 0 Å². The van der Waals surface area contributed by atoms with Crippen LogP contribution in [0, 0.1) is 13.8 Å². The first-order chi connectivity index (χ1) is 32.8. The van der Waals surface area contributed by atoms with Crippen LogP contribution in [0.3, 0.4) is 0 Å². The lowest BCUT2D eigenvalue weighted by Gasteiger charge is -2.40. The number of hydrogen-bond acceptors (Lipinski definition) is 5. The van der Waals surface area contributed by atoms with Crippen LogP contribution in [0.5, 0.6) is 11.5 Å². The third kappa shape index (κ3) is 8.41. The summed E-state index contributed by atoms with van der Waals surface area (Å²) in [6.45, 7) is 17.9. The Hall–Kier alpha value is -7.21. The predicted octanol–water partition coefficient (Wildman–Crippen LogP) is 17.1. The maximum atomic E-state index is 7.10. The van der Waals surface area contributed by atoms with Crippen molar-refractivity contribution in [2.45, 2.75) is 81.4 Å². The average Bonchev–Trinajstić information content (AvgIpc) is 3.33. The molecule has 10 rings (SSSR count). The summed E-state index contributed by atoms with van der Waals surface area (Å²) in [5.74, 6) is 1.46. The van der Waals surface area contributed by atoms with Crippen LogP contribution in [0.15, 0.2) is 210 Å². The van der Waals surface area contributed by atoms with E-state index < -0.39 is 5.41 Å². The molecule has 4 nitrogen and oxygen atoms in total. The molecule has 0 radical (unpaired) electrons. The molecular formula is C63H57N3OS. The third-order valence-electron chi connectivity index (χ3n) is 13.3. The van der Waals surface area contributed by atoms with Gasteiger partial charge in [-0.05, 0) is 166 Å². The summed E-state index contributed by atoms with van der Waals surface area (Å²) in [5, 5.41) is 0. The Balaban J connectivity index is 1.11. The number of pyridine rings is 2. The van der Waals surface area contributed by atoms with Gasteiger partial charge in [0.25, 0.3) is 0 Å². The standard InChI is InChI=1S/C63H57N3OS/c1-42-17-15-18-43(2)60(42)45-37-44(56-41-51(34-36-64-56)66(49-30-26-46(27-31-49)61(3,4)5)50-32-28-47(29-33-50)62(6,7)8)38-53(39-45)67-52-20-16-19-48(40-52)63(59-25-13-14-35-65-59)54-21-9-11-23-57(54)68-58-24-12-10-22-55(58)63/h9-41H,1-8H3. The molecular weight excluding hydrogens is 847 g/mol. The predicted molar refractivity (Wildman–Crippen MR) is 283 cm³/mol. The lowest BCUT2D eigenvalue weighted by molar-refractivity contribution is 0.481. The van der Waals surface area contributed by atoms with Gasteiger partial charge in [-0.1, -0.05) is 150 Å². The highest BCUT2D eigenvalue weighted by molar-refractivity contribution is 7.99. The van der Waals surface area contributed by atoms with E-state index in [4.69, 9.17) is 14.7 Å². The number of hydrogen-bond donors (Lipinski definition) is 0. The molecule has 7 aromatic carbocycles. The van der Waals surface area contributed by atoms with Gasteiger partial charge in [0.1, 0.15) is 11.5 Å². The molecule has 0 saturated heterocycles. The number of nitrogens with zero attached hydrogens (tertiary/aromatic N) is 3. The zero-order valence-corrected chi connectivity index (χ0v) is 41.0. The van der Waals surface area contributed by atoms with E-state index in [1.54, 1.807) is 0 Å². The fraction of sp³-hybridized carbons (Fsp3) is 0.175. The van der Waals surface area contributed by atoms with Gasteiger partial charge in [-0.3, -0.25) is 9.97 Å². The van der Waals surface area contributed by atoms with E-state index in [1.165, 1.54) is 48.7 Å². The summed E-state index contributed by atoms with van der Waals surface area (Å²) in [6.07, 6.45) is 3.83. The lowest BCUT2D eigenvalue weighted by Crippen LogP contribution is -2.34. The van der Waals surface area contributed by atoms with E-state index in [9.17, 15) is 0 Å². The molecule has 0 aliphatic carbocycles. The molecule has 2 aromatic heterocycles. The molecule has 68 heavy (non-hydrogen) atoms. The van der Waals surface area contributed by atoms with Crippen molar-refractivity contribution >= 4 is 28.8 Å². The largest absolute Gasteiger partial charge is 0.457 e. The smallest absolute Gasteiger partial charge is 0.128 e. The first-order valence-corrected chi connectivity index (χ1v) is 24.4. The van der Waals surface area contributed by atoms with Gasteiger partial charge in [-0.15, -0.1) is 0 Å². The van der Waals surface area contributed by atoms with Gasteiger partial charge in [0.15, 0.2) is 0 Å². The quantitative estimate of drug-likeness (QED) is 0.144. The minimum atomic E-state index is -0.680. The van der Waals surface area contributed by atoms with Crippen molar-refractivity contribution in [3.05, 3.63) is 245 Å². The molecule has 9 aromatic rings. The summed E-state index contributed by atoms with van der Waals surface area (Å²) in [4.78, 5) is 14.9. The van der Waals surface area contributed by atoms with Crippen molar-refractivity contribution in [3.8, 4) is 33.9 Å². The normalized spacial score (nSPS) is 13.1. The molecule has 336 valence electrons. The van der Waals surface area contributed by atoms with Crippen LogP contribution in [0.2, 0.25) is 0 Å². The molecule has 5 heteroatoms. The number of benzene rings is 7. The first kappa shape index (κ1) is 44.6. The van der Waals surface area contributed by atoms with Gasteiger partial charge >= 0.3 is 0 Å². The summed E-state index contributed by atoms with van der Waals surface area (Å²) in [6, 6.07) is 67.6. The molecule has 0 N–H and O–H groups in total. The second-order valence-corrected chi connectivity index (χ2v) is 21.1. The topological polar surface area (TPSA) is 38.2 Å². The highest BCUT2D eigenvalue weighted by Crippen LogP contribution is 2.55. The third-order valence-corrected chi connectivity index (χ3v) is 14.5. The Morgan fingerprint density at radius 2 is 1.04 bits per heavy atom. The van der Waals surface area contributed by atoms with E-state index in [-0.39, 0.29) is 10.8 Å². The van der Waals surface area contributed by atoms with Crippen LogP contribution < -0.4 is 9.64 Å². The van der Waals surface area contributed by atoms with Crippen molar-refractivity contribution < 1.29 is 4.74 Å². The summed E-state index contributed by atoms with van der Waals surface area (Å²) in [7, 11) is 0. The Morgan fingerprint density at radius 3 is 1.63 bits per heavy atom. The summed E-state index contributed by atoms with van der Waals surface area (Å²) >= 11 is 1.82. The van der Waals surface area contributed by atoms with Crippen LogP contribution in [0.4, 0.5) is 17.1 Å². The molecule has 0 saturated carbocycles. The Morgan fingerprint density at radius 1 is 0.471 bits per heavy atom. The van der Waals surface area contributed by atoms with Crippen molar-refractivity contribution in [2.24, 2.45) is 0 Å². The van der Waals surface area contributed by atoms with Crippen LogP contribution in [0.1, 0.15) is 86.2 Å². The number of ether oxygens (including phenoxy) is 1. The molecule has 3 heterocycles. The highest BCUT2D eigenvalue weighted by Gasteiger charge is 2.45. The maximum Gasteiger partial charge on any atom is 0.128 e. The van der Waals surface area contributed by atoms with E-state index in [2.05, 4.69) is 242 Å². The van der Waals surface area contributed by atoms with Crippen LogP contribution >= 0.6 is 11.8 Å². The second-order valence-electron chi connectivity index (χ2n) is 20.0.